The van der Waals surface area contributed by atoms with Crippen molar-refractivity contribution in [2.75, 3.05) is 6.54 Å². The molecule has 0 spiro atoms. The topological polar surface area (TPSA) is 96.7 Å². The molecule has 7 nitrogen and oxygen atoms in total. The van der Waals surface area contributed by atoms with Crippen molar-refractivity contribution < 1.29 is 31.9 Å². The first-order valence-corrected chi connectivity index (χ1v) is 11.1. The fraction of sp³-hybridized carbons (Fsp3) is 0.167. The van der Waals surface area contributed by atoms with Gasteiger partial charge in [-0.3, -0.25) is 14.5 Å². The highest BCUT2D eigenvalue weighted by Gasteiger charge is 2.32. The van der Waals surface area contributed by atoms with Crippen LogP contribution in [0.2, 0.25) is 0 Å². The van der Waals surface area contributed by atoms with Gasteiger partial charge in [0.1, 0.15) is 20.9 Å². The van der Waals surface area contributed by atoms with Crippen LogP contribution in [-0.4, -0.2) is 45.1 Å². The number of aliphatic carboxylic acids is 1. The van der Waals surface area contributed by atoms with Gasteiger partial charge in [-0.1, -0.05) is 24.0 Å². The van der Waals surface area contributed by atoms with Gasteiger partial charge in [0.2, 0.25) is 0 Å². The third kappa shape index (κ3) is 4.45. The van der Waals surface area contributed by atoms with E-state index < -0.39 is 38.4 Å². The lowest BCUT2D eigenvalue weighted by Crippen LogP contribution is -2.29. The SMILES string of the molecule is O=C(O)CCCN1C(=O)/C(=C\c2cccn2S(=O)(=O)c2ccc(F)cc2F)SC1=S. The van der Waals surface area contributed by atoms with E-state index >= 15 is 0 Å². The molecule has 1 aliphatic heterocycles. The lowest BCUT2D eigenvalue weighted by atomic mass is 10.3. The second-order valence-electron chi connectivity index (χ2n) is 6.14. The first kappa shape index (κ1) is 22.1. The Morgan fingerprint density at radius 2 is 2.00 bits per heavy atom. The number of carbonyl (C=O) groups excluding carboxylic acids is 1. The Bertz CT molecular complexity index is 1170. The zero-order valence-corrected chi connectivity index (χ0v) is 17.6. The normalized spacial score (nSPS) is 15.9. The van der Waals surface area contributed by atoms with Gasteiger partial charge in [0.05, 0.1) is 10.6 Å². The molecule has 2 heterocycles. The van der Waals surface area contributed by atoms with Crippen LogP contribution in [0.4, 0.5) is 8.78 Å². The molecule has 3 rings (SSSR count). The van der Waals surface area contributed by atoms with E-state index in [4.69, 9.17) is 17.3 Å². The summed E-state index contributed by atoms with van der Waals surface area (Å²) >= 11 is 6.10. The third-order valence-electron chi connectivity index (χ3n) is 4.10. The number of rotatable bonds is 7. The number of carboxylic acid groups (broad SMARTS) is 1. The molecule has 1 aromatic carbocycles. The fourth-order valence-electron chi connectivity index (χ4n) is 2.72. The molecule has 2 aromatic rings. The summed E-state index contributed by atoms with van der Waals surface area (Å²) in [5.74, 6) is -3.62. The quantitative estimate of drug-likeness (QED) is 0.489. The van der Waals surface area contributed by atoms with E-state index in [-0.39, 0.29) is 34.3 Å². The molecule has 0 bridgehead atoms. The molecule has 1 N–H and O–H groups in total. The van der Waals surface area contributed by atoms with Crippen LogP contribution in [0.3, 0.4) is 0 Å². The summed E-state index contributed by atoms with van der Waals surface area (Å²) < 4.78 is 53.8. The summed E-state index contributed by atoms with van der Waals surface area (Å²) in [7, 11) is -4.39. The second kappa shape index (κ2) is 8.66. The number of thiocarbonyl (C=S) groups is 1. The maximum absolute atomic E-state index is 14.0. The number of hydrogen-bond donors (Lipinski definition) is 1. The van der Waals surface area contributed by atoms with Crippen molar-refractivity contribution in [1.29, 1.82) is 0 Å². The molecule has 1 aliphatic rings. The molecular formula is C18H14F2N2O5S3. The summed E-state index contributed by atoms with van der Waals surface area (Å²) in [5, 5.41) is 8.72. The zero-order chi connectivity index (χ0) is 22.1. The van der Waals surface area contributed by atoms with Gasteiger partial charge < -0.3 is 5.11 Å². The molecule has 0 radical (unpaired) electrons. The minimum absolute atomic E-state index is 0.0739. The van der Waals surface area contributed by atoms with Crippen molar-refractivity contribution in [3.05, 3.63) is 58.8 Å². The molecule has 0 unspecified atom stereocenters. The number of halogens is 2. The summed E-state index contributed by atoms with van der Waals surface area (Å²) in [6, 6.07) is 4.94. The van der Waals surface area contributed by atoms with Crippen LogP contribution in [0.15, 0.2) is 46.3 Å². The second-order valence-corrected chi connectivity index (χ2v) is 9.60. The van der Waals surface area contributed by atoms with Crippen molar-refractivity contribution in [2.45, 2.75) is 17.7 Å². The third-order valence-corrected chi connectivity index (χ3v) is 7.21. The molecule has 1 aromatic heterocycles. The fourth-order valence-corrected chi connectivity index (χ4v) is 5.39. The van der Waals surface area contributed by atoms with Crippen LogP contribution >= 0.6 is 24.0 Å². The average Bonchev–Trinajstić information content (AvgIpc) is 3.21. The summed E-state index contributed by atoms with van der Waals surface area (Å²) in [4.78, 5) is 23.9. The van der Waals surface area contributed by atoms with Crippen molar-refractivity contribution in [3.8, 4) is 0 Å². The summed E-state index contributed by atoms with van der Waals surface area (Å²) in [6.45, 7) is 0.119. The highest BCUT2D eigenvalue weighted by molar-refractivity contribution is 8.26. The van der Waals surface area contributed by atoms with Crippen LogP contribution in [-0.2, 0) is 19.6 Å². The number of carbonyl (C=O) groups is 2. The maximum atomic E-state index is 14.0. The van der Waals surface area contributed by atoms with Gasteiger partial charge in [0.15, 0.2) is 0 Å². The first-order chi connectivity index (χ1) is 14.1. The Morgan fingerprint density at radius 1 is 1.27 bits per heavy atom. The minimum Gasteiger partial charge on any atom is -0.481 e. The molecular weight excluding hydrogens is 458 g/mol. The van der Waals surface area contributed by atoms with Gasteiger partial charge >= 0.3 is 5.97 Å². The van der Waals surface area contributed by atoms with Gasteiger partial charge in [-0.05, 0) is 36.8 Å². The number of thioether (sulfide) groups is 1. The van der Waals surface area contributed by atoms with Crippen LogP contribution in [0, 0.1) is 11.6 Å². The van der Waals surface area contributed by atoms with E-state index in [0.29, 0.717) is 6.07 Å². The molecule has 0 saturated carbocycles. The van der Waals surface area contributed by atoms with Crippen molar-refractivity contribution in [2.24, 2.45) is 0 Å². The van der Waals surface area contributed by atoms with E-state index in [9.17, 15) is 26.8 Å². The molecule has 158 valence electrons. The predicted octanol–water partition coefficient (Wildman–Crippen LogP) is 3.07. The predicted molar refractivity (Wildman–Crippen MR) is 110 cm³/mol. The highest BCUT2D eigenvalue weighted by Crippen LogP contribution is 2.33. The van der Waals surface area contributed by atoms with Crippen molar-refractivity contribution in [3.63, 3.8) is 0 Å². The van der Waals surface area contributed by atoms with Crippen molar-refractivity contribution in [1.82, 2.24) is 8.87 Å². The Hall–Kier alpha value is -2.57. The van der Waals surface area contributed by atoms with Gasteiger partial charge in [0.25, 0.3) is 15.9 Å². The maximum Gasteiger partial charge on any atom is 0.303 e. The molecule has 0 aliphatic carbocycles. The van der Waals surface area contributed by atoms with E-state index in [0.717, 1.165) is 27.9 Å². The van der Waals surface area contributed by atoms with Gasteiger partial charge in [0, 0.05) is 25.2 Å². The number of carboxylic acids is 1. The summed E-state index contributed by atoms with van der Waals surface area (Å²) in [5.41, 5.74) is 0.0739. The Labute approximate surface area is 180 Å². The van der Waals surface area contributed by atoms with Gasteiger partial charge in [-0.15, -0.1) is 0 Å². The smallest absolute Gasteiger partial charge is 0.303 e. The van der Waals surface area contributed by atoms with E-state index in [2.05, 4.69) is 0 Å². The monoisotopic (exact) mass is 472 g/mol. The minimum atomic E-state index is -4.39. The largest absolute Gasteiger partial charge is 0.481 e. The Morgan fingerprint density at radius 3 is 2.67 bits per heavy atom. The number of amides is 1. The van der Waals surface area contributed by atoms with Crippen LogP contribution < -0.4 is 0 Å². The molecule has 1 fully saturated rings. The molecule has 0 atom stereocenters. The number of aromatic nitrogens is 1. The Balaban J connectivity index is 1.90. The van der Waals surface area contributed by atoms with Crippen LogP contribution in [0.1, 0.15) is 18.5 Å². The summed E-state index contributed by atoms with van der Waals surface area (Å²) in [6.07, 6.45) is 2.57. The van der Waals surface area contributed by atoms with Gasteiger partial charge in [-0.25, -0.2) is 21.2 Å². The molecule has 1 saturated heterocycles. The van der Waals surface area contributed by atoms with Gasteiger partial charge in [-0.2, -0.15) is 0 Å². The van der Waals surface area contributed by atoms with Crippen LogP contribution in [0.5, 0.6) is 0 Å². The number of benzene rings is 1. The van der Waals surface area contributed by atoms with E-state index in [1.54, 1.807) is 0 Å². The van der Waals surface area contributed by atoms with Crippen molar-refractivity contribution >= 4 is 56.3 Å². The zero-order valence-electron chi connectivity index (χ0n) is 15.1. The standard InChI is InChI=1S/C18H14F2N2O5S3/c19-11-5-6-15(13(20)9-11)30(26,27)22-8-1-3-12(22)10-14-17(25)21(18(28)29-14)7-2-4-16(23)24/h1,3,5-6,8-10H,2,4,7H2,(H,23,24)/b14-10+. The van der Waals surface area contributed by atoms with E-state index in [1.165, 1.54) is 29.3 Å². The molecule has 12 heteroatoms. The molecule has 30 heavy (non-hydrogen) atoms. The molecule has 1 amide bonds. The number of nitrogens with zero attached hydrogens (tertiary/aromatic N) is 2. The first-order valence-electron chi connectivity index (χ1n) is 8.46. The number of hydrogen-bond acceptors (Lipinski definition) is 6. The lowest BCUT2D eigenvalue weighted by molar-refractivity contribution is -0.137. The van der Waals surface area contributed by atoms with Crippen LogP contribution in [0.25, 0.3) is 6.08 Å². The Kier molecular flexibility index (Phi) is 6.38. The average molecular weight is 473 g/mol. The lowest BCUT2D eigenvalue weighted by Gasteiger charge is -2.13. The highest BCUT2D eigenvalue weighted by atomic mass is 32.2. The van der Waals surface area contributed by atoms with E-state index in [1.807, 2.05) is 0 Å².